The molecule has 1 saturated heterocycles. The lowest BCUT2D eigenvalue weighted by atomic mass is 10.1. The smallest absolute Gasteiger partial charge is 0.232 e. The molecule has 1 aliphatic heterocycles. The Labute approximate surface area is 153 Å². The zero-order valence-corrected chi connectivity index (χ0v) is 15.8. The normalized spacial score (nSPS) is 18.6. The Morgan fingerprint density at radius 3 is 3.04 bits per heavy atom. The van der Waals surface area contributed by atoms with Crippen molar-refractivity contribution in [2.45, 2.75) is 18.6 Å². The predicted octanol–water partition coefficient (Wildman–Crippen LogP) is 2.85. The third-order valence-corrected chi connectivity index (χ3v) is 5.52. The van der Waals surface area contributed by atoms with E-state index in [1.54, 1.807) is 11.8 Å². The molecule has 1 aromatic heterocycles. The maximum absolute atomic E-state index is 12.4. The Balaban J connectivity index is 0.00000208. The first kappa shape index (κ1) is 19.1. The minimum atomic E-state index is 0. The Morgan fingerprint density at radius 2 is 2.29 bits per heavy atom. The van der Waals surface area contributed by atoms with Crippen molar-refractivity contribution in [3.05, 3.63) is 30.1 Å². The fraction of sp³-hybridized carbons (Fsp3) is 0.529. The van der Waals surface area contributed by atoms with Gasteiger partial charge >= 0.3 is 0 Å². The number of aromatic nitrogens is 2. The summed E-state index contributed by atoms with van der Waals surface area (Å²) in [5.74, 6) is 2.31. The molecular formula is C17H25ClN4OS. The fourth-order valence-corrected chi connectivity index (χ4v) is 3.89. The topological polar surface area (TPSA) is 61.0 Å². The zero-order chi connectivity index (χ0) is 16.2. The summed E-state index contributed by atoms with van der Waals surface area (Å²) in [6.07, 6.45) is 1.11. The fourth-order valence-electron chi connectivity index (χ4n) is 3.05. The minimum absolute atomic E-state index is 0. The molecule has 2 atom stereocenters. The van der Waals surface area contributed by atoms with Gasteiger partial charge in [0.25, 0.3) is 0 Å². The summed E-state index contributed by atoms with van der Waals surface area (Å²) >= 11 is 1.65. The Hall–Kier alpha value is -1.24. The van der Waals surface area contributed by atoms with Gasteiger partial charge in [0.2, 0.25) is 5.91 Å². The predicted molar refractivity (Wildman–Crippen MR) is 103 cm³/mol. The van der Waals surface area contributed by atoms with Crippen molar-refractivity contribution in [3.8, 4) is 0 Å². The van der Waals surface area contributed by atoms with Crippen molar-refractivity contribution in [1.29, 1.82) is 0 Å². The Kier molecular flexibility index (Phi) is 6.95. The van der Waals surface area contributed by atoms with E-state index < -0.39 is 0 Å². The second kappa shape index (κ2) is 8.74. The molecule has 132 valence electrons. The van der Waals surface area contributed by atoms with Gasteiger partial charge in [0.05, 0.1) is 22.0 Å². The van der Waals surface area contributed by atoms with Crippen LogP contribution in [0.2, 0.25) is 0 Å². The van der Waals surface area contributed by atoms with E-state index in [2.05, 4.69) is 22.2 Å². The van der Waals surface area contributed by atoms with Gasteiger partial charge in [-0.3, -0.25) is 4.79 Å². The van der Waals surface area contributed by atoms with Crippen LogP contribution in [0.3, 0.4) is 0 Å². The number of H-pyrrole nitrogens is 1. The molecular weight excluding hydrogens is 344 g/mol. The number of amides is 1. The number of aromatic amines is 1. The summed E-state index contributed by atoms with van der Waals surface area (Å²) in [6, 6.07) is 8.02. The van der Waals surface area contributed by atoms with Gasteiger partial charge in [0.15, 0.2) is 0 Å². The molecule has 7 heteroatoms. The molecule has 1 amide bonds. The van der Waals surface area contributed by atoms with Gasteiger partial charge in [0.1, 0.15) is 5.82 Å². The molecule has 0 spiro atoms. The van der Waals surface area contributed by atoms with E-state index in [1.165, 1.54) is 0 Å². The number of thioether (sulfide) groups is 1. The monoisotopic (exact) mass is 368 g/mol. The van der Waals surface area contributed by atoms with Crippen LogP contribution in [0.5, 0.6) is 0 Å². The van der Waals surface area contributed by atoms with Crippen molar-refractivity contribution >= 4 is 41.1 Å². The maximum atomic E-state index is 12.4. The van der Waals surface area contributed by atoms with Crippen molar-refractivity contribution in [2.75, 3.05) is 32.4 Å². The van der Waals surface area contributed by atoms with E-state index >= 15 is 0 Å². The number of nitrogens with one attached hydrogen (secondary N) is 2. The van der Waals surface area contributed by atoms with Crippen molar-refractivity contribution in [2.24, 2.45) is 5.92 Å². The standard InChI is InChI=1S/C17H24N4OS.ClH/c1-12(17-19-14-5-3-4-6-15(14)20-17)23-11-16(22)21-8-7-13(10-21)9-18-2;/h3-6,12-13,18H,7-11H2,1-2H3,(H,19,20);1H. The van der Waals surface area contributed by atoms with Crippen LogP contribution in [0.4, 0.5) is 0 Å². The number of imidazole rings is 1. The molecule has 1 aromatic carbocycles. The highest BCUT2D eigenvalue weighted by atomic mass is 35.5. The van der Waals surface area contributed by atoms with Crippen LogP contribution < -0.4 is 5.32 Å². The van der Waals surface area contributed by atoms with E-state index in [-0.39, 0.29) is 23.6 Å². The van der Waals surface area contributed by atoms with E-state index in [1.807, 2.05) is 36.2 Å². The third-order valence-electron chi connectivity index (χ3n) is 4.38. The highest BCUT2D eigenvalue weighted by Crippen LogP contribution is 2.28. The number of hydrogen-bond donors (Lipinski definition) is 2. The number of carbonyl (C=O) groups excluding carboxylic acids is 1. The largest absolute Gasteiger partial charge is 0.342 e. The van der Waals surface area contributed by atoms with Crippen molar-refractivity contribution in [3.63, 3.8) is 0 Å². The average Bonchev–Trinajstić information content (AvgIpc) is 3.19. The summed E-state index contributed by atoms with van der Waals surface area (Å²) in [5.41, 5.74) is 2.03. The van der Waals surface area contributed by atoms with Crippen molar-refractivity contribution < 1.29 is 4.79 Å². The summed E-state index contributed by atoms with van der Waals surface area (Å²) in [4.78, 5) is 22.3. The highest BCUT2D eigenvalue weighted by Gasteiger charge is 2.26. The number of carbonyl (C=O) groups is 1. The van der Waals surface area contributed by atoms with Gasteiger partial charge in [-0.15, -0.1) is 24.2 Å². The van der Waals surface area contributed by atoms with Gasteiger partial charge < -0.3 is 15.2 Å². The number of benzene rings is 1. The lowest BCUT2D eigenvalue weighted by molar-refractivity contribution is -0.127. The molecule has 2 aromatic rings. The van der Waals surface area contributed by atoms with Crippen LogP contribution in [0.1, 0.15) is 24.4 Å². The first-order chi connectivity index (χ1) is 11.2. The summed E-state index contributed by atoms with van der Waals surface area (Å²) < 4.78 is 0. The van der Waals surface area contributed by atoms with Gasteiger partial charge in [-0.1, -0.05) is 12.1 Å². The number of para-hydroxylation sites is 2. The molecule has 2 heterocycles. The van der Waals surface area contributed by atoms with Crippen LogP contribution in [0, 0.1) is 5.92 Å². The lowest BCUT2D eigenvalue weighted by Gasteiger charge is -2.17. The second-order valence-corrected chi connectivity index (χ2v) is 7.47. The molecule has 1 aliphatic rings. The minimum Gasteiger partial charge on any atom is -0.342 e. The molecule has 3 rings (SSSR count). The number of rotatable bonds is 6. The third kappa shape index (κ3) is 4.43. The SMILES string of the molecule is CNCC1CCN(C(=O)CSC(C)c2nc3ccccc3[nH]2)C1.Cl. The summed E-state index contributed by atoms with van der Waals surface area (Å²) in [5, 5.41) is 3.38. The Morgan fingerprint density at radius 1 is 1.50 bits per heavy atom. The first-order valence-corrected chi connectivity index (χ1v) is 9.21. The maximum Gasteiger partial charge on any atom is 0.232 e. The van der Waals surface area contributed by atoms with Gasteiger partial charge in [-0.25, -0.2) is 4.98 Å². The van der Waals surface area contributed by atoms with Crippen LogP contribution in [-0.4, -0.2) is 53.2 Å². The Bertz CT molecular complexity index is 644. The van der Waals surface area contributed by atoms with E-state index in [0.717, 1.165) is 42.9 Å². The molecule has 0 aliphatic carbocycles. The molecule has 5 nitrogen and oxygen atoms in total. The van der Waals surface area contributed by atoms with Crippen molar-refractivity contribution in [1.82, 2.24) is 20.2 Å². The van der Waals surface area contributed by atoms with Gasteiger partial charge in [-0.05, 0) is 45.0 Å². The van der Waals surface area contributed by atoms with E-state index in [9.17, 15) is 4.79 Å². The number of halogens is 1. The molecule has 0 saturated carbocycles. The van der Waals surface area contributed by atoms with E-state index in [4.69, 9.17) is 0 Å². The van der Waals surface area contributed by atoms with Gasteiger partial charge in [-0.2, -0.15) is 0 Å². The average molecular weight is 369 g/mol. The highest BCUT2D eigenvalue weighted by molar-refractivity contribution is 8.00. The number of nitrogens with zero attached hydrogens (tertiary/aromatic N) is 2. The van der Waals surface area contributed by atoms with Crippen LogP contribution >= 0.6 is 24.2 Å². The summed E-state index contributed by atoms with van der Waals surface area (Å²) in [6.45, 7) is 4.87. The van der Waals surface area contributed by atoms with Crippen LogP contribution in [0.15, 0.2) is 24.3 Å². The number of fused-ring (bicyclic) bond motifs is 1. The zero-order valence-electron chi connectivity index (χ0n) is 14.1. The van der Waals surface area contributed by atoms with E-state index in [0.29, 0.717) is 11.7 Å². The molecule has 2 unspecified atom stereocenters. The molecule has 2 N–H and O–H groups in total. The molecule has 0 radical (unpaired) electrons. The van der Waals surface area contributed by atoms with Crippen LogP contribution in [0.25, 0.3) is 11.0 Å². The lowest BCUT2D eigenvalue weighted by Crippen LogP contribution is -2.31. The number of likely N-dealkylation sites (tertiary alicyclic amines) is 1. The molecule has 1 fully saturated rings. The first-order valence-electron chi connectivity index (χ1n) is 8.16. The van der Waals surface area contributed by atoms with Crippen LogP contribution in [-0.2, 0) is 4.79 Å². The number of hydrogen-bond acceptors (Lipinski definition) is 4. The summed E-state index contributed by atoms with van der Waals surface area (Å²) in [7, 11) is 1.97. The molecule has 24 heavy (non-hydrogen) atoms. The quantitative estimate of drug-likeness (QED) is 0.823. The van der Waals surface area contributed by atoms with Gasteiger partial charge in [0, 0.05) is 13.1 Å². The molecule has 0 bridgehead atoms. The second-order valence-electron chi connectivity index (χ2n) is 6.14.